The number of hydrogen-bond donors (Lipinski definition) is 1. The molecule has 0 aliphatic heterocycles. The molecule has 0 bridgehead atoms. The highest BCUT2D eigenvalue weighted by Crippen LogP contribution is 2.13. The van der Waals surface area contributed by atoms with E-state index in [1.807, 2.05) is 48.7 Å². The first-order valence-electron chi connectivity index (χ1n) is 5.05. The predicted octanol–water partition coefficient (Wildman–Crippen LogP) is 3.14. The zero-order valence-corrected chi connectivity index (χ0v) is 9.79. The minimum atomic E-state index is -0.706. The lowest BCUT2D eigenvalue weighted by atomic mass is 10.1. The van der Waals surface area contributed by atoms with Crippen LogP contribution in [0, 0.1) is 18.8 Å². The fourth-order valence-electron chi connectivity index (χ4n) is 1.32. The van der Waals surface area contributed by atoms with Crippen molar-refractivity contribution >= 4 is 11.3 Å². The van der Waals surface area contributed by atoms with Gasteiger partial charge in [-0.05, 0) is 23.9 Å². The molecule has 80 valence electrons. The first kappa shape index (κ1) is 10.9. The molecule has 0 spiro atoms. The third-order valence-electron chi connectivity index (χ3n) is 2.25. The van der Waals surface area contributed by atoms with Crippen molar-refractivity contribution in [3.05, 3.63) is 57.8 Å². The van der Waals surface area contributed by atoms with Crippen LogP contribution in [0.3, 0.4) is 0 Å². The van der Waals surface area contributed by atoms with E-state index in [0.29, 0.717) is 0 Å². The summed E-state index contributed by atoms with van der Waals surface area (Å²) in [6, 6.07) is 11.7. The molecule has 0 saturated carbocycles. The topological polar surface area (TPSA) is 20.2 Å². The van der Waals surface area contributed by atoms with Crippen LogP contribution < -0.4 is 0 Å². The maximum atomic E-state index is 9.84. The Morgan fingerprint density at radius 1 is 1.19 bits per heavy atom. The minimum absolute atomic E-state index is 0.706. The molecule has 0 radical (unpaired) electrons. The highest BCUT2D eigenvalue weighted by molar-refractivity contribution is 7.10. The van der Waals surface area contributed by atoms with Crippen LogP contribution >= 0.6 is 11.3 Å². The van der Waals surface area contributed by atoms with Gasteiger partial charge in [-0.1, -0.05) is 47.7 Å². The van der Waals surface area contributed by atoms with Crippen LogP contribution in [-0.2, 0) is 0 Å². The Labute approximate surface area is 99.4 Å². The van der Waals surface area contributed by atoms with Gasteiger partial charge in [0.25, 0.3) is 0 Å². The van der Waals surface area contributed by atoms with Crippen LogP contribution in [0.15, 0.2) is 41.8 Å². The number of rotatable bonds is 1. The molecule has 16 heavy (non-hydrogen) atoms. The Balaban J connectivity index is 2.14. The molecule has 0 aliphatic rings. The van der Waals surface area contributed by atoms with Gasteiger partial charge < -0.3 is 5.11 Å². The van der Waals surface area contributed by atoms with Crippen molar-refractivity contribution in [2.24, 2.45) is 0 Å². The van der Waals surface area contributed by atoms with Gasteiger partial charge in [0.1, 0.15) is 6.10 Å². The number of thiophene rings is 1. The van der Waals surface area contributed by atoms with Gasteiger partial charge in [-0.15, -0.1) is 11.3 Å². The largest absolute Gasteiger partial charge is 0.376 e. The van der Waals surface area contributed by atoms with E-state index in [4.69, 9.17) is 0 Å². The highest BCUT2D eigenvalue weighted by Gasteiger charge is 2.01. The zero-order chi connectivity index (χ0) is 11.4. The van der Waals surface area contributed by atoms with E-state index < -0.39 is 6.10 Å². The van der Waals surface area contributed by atoms with E-state index in [1.165, 1.54) is 5.56 Å². The Morgan fingerprint density at radius 2 is 1.94 bits per heavy atom. The number of hydrogen-bond acceptors (Lipinski definition) is 2. The van der Waals surface area contributed by atoms with Gasteiger partial charge in [0.15, 0.2) is 0 Å². The molecular weight excluding hydrogens is 216 g/mol. The molecule has 1 atom stereocenters. The maximum Gasteiger partial charge on any atom is 0.140 e. The monoisotopic (exact) mass is 228 g/mol. The van der Waals surface area contributed by atoms with Gasteiger partial charge in [-0.2, -0.15) is 0 Å². The van der Waals surface area contributed by atoms with E-state index in [-0.39, 0.29) is 0 Å². The molecule has 1 aromatic carbocycles. The second kappa shape index (κ2) is 4.98. The lowest BCUT2D eigenvalue weighted by molar-refractivity contribution is 0.238. The third-order valence-corrected chi connectivity index (χ3v) is 3.03. The average Bonchev–Trinajstić information content (AvgIpc) is 2.80. The molecule has 0 saturated heterocycles. The molecule has 0 fully saturated rings. The second-order valence-corrected chi connectivity index (χ2v) is 4.51. The lowest BCUT2D eigenvalue weighted by Crippen LogP contribution is -1.93. The Hall–Kier alpha value is -1.56. The molecule has 0 amide bonds. The first-order chi connectivity index (χ1) is 7.75. The van der Waals surface area contributed by atoms with E-state index in [9.17, 15) is 5.11 Å². The maximum absolute atomic E-state index is 9.84. The zero-order valence-electron chi connectivity index (χ0n) is 8.97. The molecule has 1 aromatic heterocycles. The Bertz CT molecular complexity index is 500. The van der Waals surface area contributed by atoms with Crippen molar-refractivity contribution in [2.75, 3.05) is 0 Å². The van der Waals surface area contributed by atoms with Crippen molar-refractivity contribution < 1.29 is 5.11 Å². The molecule has 2 rings (SSSR count). The number of aliphatic hydroxyl groups is 1. The summed E-state index contributed by atoms with van der Waals surface area (Å²) in [5, 5.41) is 11.8. The van der Waals surface area contributed by atoms with Crippen molar-refractivity contribution in [3.63, 3.8) is 0 Å². The van der Waals surface area contributed by atoms with Crippen LogP contribution in [-0.4, -0.2) is 5.11 Å². The highest BCUT2D eigenvalue weighted by atomic mass is 32.1. The van der Waals surface area contributed by atoms with Gasteiger partial charge >= 0.3 is 0 Å². The molecule has 0 aliphatic carbocycles. The van der Waals surface area contributed by atoms with Crippen LogP contribution in [0.1, 0.15) is 22.1 Å². The van der Waals surface area contributed by atoms with E-state index in [1.54, 1.807) is 11.3 Å². The molecular formula is C14H12OS. The standard InChI is InChI=1S/C14H12OS/c1-11-4-6-12(7-5-11)14(15)9-8-13-3-2-10-16-13/h2-7,10,14-15H,1H3. The summed E-state index contributed by atoms with van der Waals surface area (Å²) >= 11 is 1.58. The van der Waals surface area contributed by atoms with Gasteiger partial charge in [0.05, 0.1) is 4.88 Å². The molecule has 1 unspecified atom stereocenters. The first-order valence-corrected chi connectivity index (χ1v) is 5.93. The summed E-state index contributed by atoms with van der Waals surface area (Å²) < 4.78 is 0. The summed E-state index contributed by atoms with van der Waals surface area (Å²) in [4.78, 5) is 0.978. The van der Waals surface area contributed by atoms with Gasteiger partial charge in [0.2, 0.25) is 0 Å². The Morgan fingerprint density at radius 3 is 2.56 bits per heavy atom. The SMILES string of the molecule is Cc1ccc(C(O)C#Cc2cccs2)cc1. The van der Waals surface area contributed by atoms with Gasteiger partial charge in [-0.3, -0.25) is 0 Å². The number of benzene rings is 1. The molecule has 1 N–H and O–H groups in total. The molecule has 2 heteroatoms. The summed E-state index contributed by atoms with van der Waals surface area (Å²) in [6.45, 7) is 2.02. The van der Waals surface area contributed by atoms with Crippen molar-refractivity contribution in [3.8, 4) is 11.8 Å². The fourth-order valence-corrected chi connectivity index (χ4v) is 1.90. The second-order valence-electron chi connectivity index (χ2n) is 3.56. The number of aliphatic hydroxyl groups excluding tert-OH is 1. The Kier molecular flexibility index (Phi) is 3.40. The predicted molar refractivity (Wildman–Crippen MR) is 67.3 cm³/mol. The van der Waals surface area contributed by atoms with Crippen LogP contribution in [0.2, 0.25) is 0 Å². The average molecular weight is 228 g/mol. The van der Waals surface area contributed by atoms with Crippen LogP contribution in [0.5, 0.6) is 0 Å². The van der Waals surface area contributed by atoms with Crippen molar-refractivity contribution in [2.45, 2.75) is 13.0 Å². The molecule has 1 heterocycles. The quantitative estimate of drug-likeness (QED) is 0.743. The summed E-state index contributed by atoms with van der Waals surface area (Å²) in [5.41, 5.74) is 2.02. The van der Waals surface area contributed by atoms with E-state index in [2.05, 4.69) is 11.8 Å². The summed E-state index contributed by atoms with van der Waals surface area (Å²) in [5.74, 6) is 5.79. The fraction of sp³-hybridized carbons (Fsp3) is 0.143. The van der Waals surface area contributed by atoms with E-state index in [0.717, 1.165) is 10.4 Å². The van der Waals surface area contributed by atoms with Crippen molar-refractivity contribution in [1.29, 1.82) is 0 Å². The molecule has 1 nitrogen and oxygen atoms in total. The number of aryl methyl sites for hydroxylation is 1. The van der Waals surface area contributed by atoms with Crippen LogP contribution in [0.25, 0.3) is 0 Å². The van der Waals surface area contributed by atoms with Gasteiger partial charge in [0, 0.05) is 0 Å². The van der Waals surface area contributed by atoms with E-state index >= 15 is 0 Å². The third kappa shape index (κ3) is 2.73. The summed E-state index contributed by atoms with van der Waals surface area (Å²) in [6.07, 6.45) is -0.706. The minimum Gasteiger partial charge on any atom is -0.376 e. The van der Waals surface area contributed by atoms with Gasteiger partial charge in [-0.25, -0.2) is 0 Å². The normalized spacial score (nSPS) is 11.6. The van der Waals surface area contributed by atoms with Crippen molar-refractivity contribution in [1.82, 2.24) is 0 Å². The smallest absolute Gasteiger partial charge is 0.140 e. The van der Waals surface area contributed by atoms with Crippen LogP contribution in [0.4, 0.5) is 0 Å². The molecule has 2 aromatic rings. The summed E-state index contributed by atoms with van der Waals surface area (Å²) in [7, 11) is 0. The lowest BCUT2D eigenvalue weighted by Gasteiger charge is -2.03.